The van der Waals surface area contributed by atoms with Crippen LogP contribution in [-0.4, -0.2) is 50.1 Å². The highest BCUT2D eigenvalue weighted by Crippen LogP contribution is 2.33. The van der Waals surface area contributed by atoms with Gasteiger partial charge in [-0.3, -0.25) is 9.69 Å². The van der Waals surface area contributed by atoms with Gasteiger partial charge in [-0.25, -0.2) is 4.98 Å². The standard InChI is InChI=1S/C26H29N3O2S/c1-5-18-11-12-22-24(15-18)32-26(27-22)29(14-8-13-28(2)3)25(30)21-16-19-9-6-7-10-20(19)17-23(21)31-4/h6-7,9-12,15-17H,5,8,13-14H2,1-4H3. The fourth-order valence-electron chi connectivity index (χ4n) is 3.82. The Morgan fingerprint density at radius 3 is 2.47 bits per heavy atom. The van der Waals surface area contributed by atoms with Crippen LogP contribution in [0, 0.1) is 0 Å². The van der Waals surface area contributed by atoms with Gasteiger partial charge in [0.15, 0.2) is 5.13 Å². The van der Waals surface area contributed by atoms with Gasteiger partial charge in [0.05, 0.1) is 22.9 Å². The highest BCUT2D eigenvalue weighted by molar-refractivity contribution is 7.22. The van der Waals surface area contributed by atoms with E-state index in [4.69, 9.17) is 9.72 Å². The number of carbonyl (C=O) groups is 1. The number of hydrogen-bond donors (Lipinski definition) is 0. The lowest BCUT2D eigenvalue weighted by atomic mass is 10.0. The summed E-state index contributed by atoms with van der Waals surface area (Å²) in [6.45, 7) is 3.63. The minimum atomic E-state index is -0.0823. The number of amides is 1. The molecule has 4 aromatic rings. The van der Waals surface area contributed by atoms with E-state index in [1.54, 1.807) is 18.4 Å². The average molecular weight is 448 g/mol. The molecule has 3 aromatic carbocycles. The summed E-state index contributed by atoms with van der Waals surface area (Å²) in [6.07, 6.45) is 1.83. The zero-order chi connectivity index (χ0) is 22.7. The molecule has 0 N–H and O–H groups in total. The Morgan fingerprint density at radius 2 is 1.78 bits per heavy atom. The van der Waals surface area contributed by atoms with E-state index in [9.17, 15) is 4.79 Å². The third-order valence-electron chi connectivity index (χ3n) is 5.61. The number of anilines is 1. The number of thiazole rings is 1. The SMILES string of the molecule is CCc1ccc2nc(N(CCCN(C)C)C(=O)c3cc4ccccc4cc3OC)sc2c1. The van der Waals surface area contributed by atoms with E-state index in [1.807, 2.05) is 61.5 Å². The van der Waals surface area contributed by atoms with Crippen LogP contribution in [0.4, 0.5) is 5.13 Å². The first-order chi connectivity index (χ1) is 15.5. The van der Waals surface area contributed by atoms with E-state index < -0.39 is 0 Å². The second-order valence-corrected chi connectivity index (χ2v) is 9.17. The van der Waals surface area contributed by atoms with Gasteiger partial charge in [0.2, 0.25) is 0 Å². The van der Waals surface area contributed by atoms with Crippen LogP contribution in [0.15, 0.2) is 54.6 Å². The lowest BCUT2D eigenvalue weighted by Crippen LogP contribution is -2.33. The van der Waals surface area contributed by atoms with Gasteiger partial charge in [-0.15, -0.1) is 0 Å². The molecule has 32 heavy (non-hydrogen) atoms. The molecule has 0 saturated heterocycles. The first-order valence-electron chi connectivity index (χ1n) is 10.9. The van der Waals surface area contributed by atoms with Crippen molar-refractivity contribution < 1.29 is 9.53 Å². The lowest BCUT2D eigenvalue weighted by molar-refractivity contribution is 0.0983. The topological polar surface area (TPSA) is 45.7 Å². The van der Waals surface area contributed by atoms with Crippen molar-refractivity contribution in [2.24, 2.45) is 0 Å². The largest absolute Gasteiger partial charge is 0.496 e. The predicted octanol–water partition coefficient (Wildman–Crippen LogP) is 5.62. The zero-order valence-corrected chi connectivity index (χ0v) is 19.9. The minimum Gasteiger partial charge on any atom is -0.496 e. The van der Waals surface area contributed by atoms with E-state index >= 15 is 0 Å². The Hall–Kier alpha value is -2.96. The van der Waals surface area contributed by atoms with Crippen molar-refractivity contribution in [1.82, 2.24) is 9.88 Å². The van der Waals surface area contributed by atoms with Crippen LogP contribution in [0.1, 0.15) is 29.3 Å². The van der Waals surface area contributed by atoms with Crippen molar-refractivity contribution in [3.05, 3.63) is 65.7 Å². The molecule has 0 aliphatic carbocycles. The molecule has 1 aromatic heterocycles. The summed E-state index contributed by atoms with van der Waals surface area (Å²) in [4.78, 5) is 22.6. The van der Waals surface area contributed by atoms with Gasteiger partial charge in [-0.1, -0.05) is 48.6 Å². The number of methoxy groups -OCH3 is 1. The van der Waals surface area contributed by atoms with Gasteiger partial charge < -0.3 is 9.64 Å². The summed E-state index contributed by atoms with van der Waals surface area (Å²) in [7, 11) is 5.70. The van der Waals surface area contributed by atoms with Crippen LogP contribution < -0.4 is 9.64 Å². The average Bonchev–Trinajstić information content (AvgIpc) is 3.23. The summed E-state index contributed by atoms with van der Waals surface area (Å²) in [6, 6.07) is 18.2. The van der Waals surface area contributed by atoms with Crippen LogP contribution in [0.25, 0.3) is 21.0 Å². The van der Waals surface area contributed by atoms with Gasteiger partial charge in [-0.05, 0) is 74.1 Å². The maximum absolute atomic E-state index is 13.8. The summed E-state index contributed by atoms with van der Waals surface area (Å²) in [5.74, 6) is 0.502. The minimum absolute atomic E-state index is 0.0823. The number of benzene rings is 3. The first kappa shape index (κ1) is 22.2. The quantitative estimate of drug-likeness (QED) is 0.352. The van der Waals surface area contributed by atoms with E-state index in [0.717, 1.165) is 45.5 Å². The van der Waals surface area contributed by atoms with Crippen molar-refractivity contribution >= 4 is 43.4 Å². The van der Waals surface area contributed by atoms with E-state index in [0.29, 0.717) is 17.9 Å². The Labute approximate surface area is 193 Å². The predicted molar refractivity (Wildman–Crippen MR) is 134 cm³/mol. The fourth-order valence-corrected chi connectivity index (χ4v) is 4.88. The second-order valence-electron chi connectivity index (χ2n) is 8.17. The van der Waals surface area contributed by atoms with Crippen molar-refractivity contribution in [1.29, 1.82) is 0 Å². The van der Waals surface area contributed by atoms with Crippen LogP contribution in [0.3, 0.4) is 0 Å². The molecule has 166 valence electrons. The molecule has 1 amide bonds. The fraction of sp³-hybridized carbons (Fsp3) is 0.308. The summed E-state index contributed by atoms with van der Waals surface area (Å²) in [5.41, 5.74) is 2.76. The third-order valence-corrected chi connectivity index (χ3v) is 6.65. The number of hydrogen-bond acceptors (Lipinski definition) is 5. The van der Waals surface area contributed by atoms with Crippen LogP contribution >= 0.6 is 11.3 Å². The van der Waals surface area contributed by atoms with Gasteiger partial charge >= 0.3 is 0 Å². The second kappa shape index (κ2) is 9.67. The van der Waals surface area contributed by atoms with Crippen LogP contribution in [0.5, 0.6) is 5.75 Å². The molecule has 4 rings (SSSR count). The highest BCUT2D eigenvalue weighted by Gasteiger charge is 2.24. The number of nitrogens with zero attached hydrogens (tertiary/aromatic N) is 3. The molecule has 6 heteroatoms. The van der Waals surface area contributed by atoms with Gasteiger partial charge in [-0.2, -0.15) is 0 Å². The number of fused-ring (bicyclic) bond motifs is 2. The number of aryl methyl sites for hydroxylation is 1. The van der Waals surface area contributed by atoms with Crippen molar-refractivity contribution in [2.75, 3.05) is 39.2 Å². The van der Waals surface area contributed by atoms with Crippen molar-refractivity contribution in [3.8, 4) is 5.75 Å². The van der Waals surface area contributed by atoms with Gasteiger partial charge in [0.25, 0.3) is 5.91 Å². The molecule has 0 bridgehead atoms. The normalized spacial score (nSPS) is 11.4. The highest BCUT2D eigenvalue weighted by atomic mass is 32.1. The summed E-state index contributed by atoms with van der Waals surface area (Å²) >= 11 is 1.57. The maximum Gasteiger partial charge on any atom is 0.263 e. The van der Waals surface area contributed by atoms with E-state index in [-0.39, 0.29) is 5.91 Å². The van der Waals surface area contributed by atoms with Gasteiger partial charge in [0.1, 0.15) is 5.75 Å². The van der Waals surface area contributed by atoms with Crippen LogP contribution in [-0.2, 0) is 6.42 Å². The molecule has 0 radical (unpaired) electrons. The molecular weight excluding hydrogens is 418 g/mol. The van der Waals surface area contributed by atoms with Crippen molar-refractivity contribution in [3.63, 3.8) is 0 Å². The third kappa shape index (κ3) is 4.61. The molecule has 0 atom stereocenters. The molecule has 0 aliphatic heterocycles. The summed E-state index contributed by atoms with van der Waals surface area (Å²) < 4.78 is 6.73. The molecular formula is C26H29N3O2S. The Kier molecular flexibility index (Phi) is 6.72. The molecule has 5 nitrogen and oxygen atoms in total. The number of rotatable bonds is 8. The molecule has 0 spiro atoms. The smallest absolute Gasteiger partial charge is 0.263 e. The Morgan fingerprint density at radius 1 is 1.03 bits per heavy atom. The summed E-state index contributed by atoms with van der Waals surface area (Å²) in [5, 5.41) is 2.79. The number of carbonyl (C=O) groups excluding carboxylic acids is 1. The van der Waals surface area contributed by atoms with Crippen LogP contribution in [0.2, 0.25) is 0 Å². The molecule has 0 fully saturated rings. The van der Waals surface area contributed by atoms with E-state index in [2.05, 4.69) is 24.0 Å². The molecule has 0 aliphatic rings. The Bertz CT molecular complexity index is 1250. The molecule has 0 saturated carbocycles. The van der Waals surface area contributed by atoms with E-state index in [1.165, 1.54) is 5.56 Å². The van der Waals surface area contributed by atoms with Crippen molar-refractivity contribution in [2.45, 2.75) is 19.8 Å². The zero-order valence-electron chi connectivity index (χ0n) is 19.1. The number of ether oxygens (including phenoxy) is 1. The number of aromatic nitrogens is 1. The monoisotopic (exact) mass is 447 g/mol. The Balaban J connectivity index is 1.76. The van der Waals surface area contributed by atoms with Gasteiger partial charge in [0, 0.05) is 6.54 Å². The molecule has 1 heterocycles. The maximum atomic E-state index is 13.8. The first-order valence-corrected chi connectivity index (χ1v) is 11.7. The molecule has 0 unspecified atom stereocenters. The lowest BCUT2D eigenvalue weighted by Gasteiger charge is -2.22.